The van der Waals surface area contributed by atoms with Gasteiger partial charge in [0, 0.05) is 12.5 Å². The number of aromatic amines is 1. The first-order valence-electron chi connectivity index (χ1n) is 12.9. The zero-order valence-corrected chi connectivity index (χ0v) is 23.0. The molecule has 3 aromatic rings. The van der Waals surface area contributed by atoms with E-state index < -0.39 is 25.3 Å². The van der Waals surface area contributed by atoms with E-state index >= 15 is 0 Å². The maximum Gasteiger partial charge on any atom is 0.356 e. The number of nitrogens with one attached hydrogen (secondary N) is 1. The topological polar surface area (TPSA) is 153 Å². The molecule has 3 N–H and O–H groups in total. The zero-order chi connectivity index (χ0) is 28.3. The first-order chi connectivity index (χ1) is 19.2. The fourth-order valence-electron chi connectivity index (χ4n) is 4.63. The van der Waals surface area contributed by atoms with Crippen LogP contribution in [0.4, 0.5) is 10.3 Å². The molecular formula is C26H31FN5O7P. The molecule has 40 heavy (non-hydrogen) atoms. The number of ether oxygens (including phenoxy) is 3. The number of anilines is 1. The van der Waals surface area contributed by atoms with Gasteiger partial charge in [0.05, 0.1) is 19.5 Å². The minimum atomic E-state index is -3.87. The van der Waals surface area contributed by atoms with Crippen molar-refractivity contribution in [3.8, 4) is 0 Å². The fourth-order valence-corrected chi connectivity index (χ4v) is 5.87. The van der Waals surface area contributed by atoms with Gasteiger partial charge >= 0.3 is 7.60 Å². The summed E-state index contributed by atoms with van der Waals surface area (Å²) in [4.78, 5) is 22.6. The van der Waals surface area contributed by atoms with Crippen LogP contribution >= 0.6 is 7.60 Å². The lowest BCUT2D eigenvalue weighted by atomic mass is 10.1. The van der Waals surface area contributed by atoms with E-state index in [0.29, 0.717) is 28.3 Å². The molecule has 0 radical (unpaired) electrons. The molecule has 1 saturated carbocycles. The number of hydrogen-bond donors (Lipinski definition) is 2. The Balaban J connectivity index is 1.26. The third-order valence-corrected chi connectivity index (χ3v) is 8.28. The summed E-state index contributed by atoms with van der Waals surface area (Å²) in [5.41, 5.74) is 6.61. The molecule has 0 amide bonds. The summed E-state index contributed by atoms with van der Waals surface area (Å²) in [5, 5.41) is 0. The molecule has 1 aliphatic heterocycles. The van der Waals surface area contributed by atoms with Crippen molar-refractivity contribution >= 4 is 24.7 Å². The van der Waals surface area contributed by atoms with Gasteiger partial charge in [0.1, 0.15) is 18.8 Å². The van der Waals surface area contributed by atoms with E-state index in [1.807, 2.05) is 0 Å². The van der Waals surface area contributed by atoms with E-state index in [2.05, 4.69) is 21.5 Å². The average Bonchev–Trinajstić information content (AvgIpc) is 3.67. The maximum atomic E-state index is 14.1. The molecule has 2 aliphatic rings. The number of aromatic nitrogens is 4. The second-order valence-corrected chi connectivity index (χ2v) is 11.7. The predicted octanol–water partition coefficient (Wildman–Crippen LogP) is 4.47. The second-order valence-electron chi connectivity index (χ2n) is 9.68. The number of hydrogen-bond acceptors (Lipinski definition) is 10. The fraction of sp³-hybridized carbons (Fsp3) is 0.423. The monoisotopic (exact) mass is 575 g/mol. The van der Waals surface area contributed by atoms with Crippen LogP contribution < -0.4 is 11.3 Å². The molecule has 1 aromatic carbocycles. The van der Waals surface area contributed by atoms with Crippen LogP contribution in [-0.2, 0) is 41.0 Å². The van der Waals surface area contributed by atoms with Gasteiger partial charge in [-0.3, -0.25) is 18.9 Å². The van der Waals surface area contributed by atoms with Gasteiger partial charge in [-0.2, -0.15) is 4.98 Å². The molecule has 0 bridgehead atoms. The van der Waals surface area contributed by atoms with E-state index in [-0.39, 0.29) is 49.7 Å². The number of imidazole rings is 1. The van der Waals surface area contributed by atoms with Crippen LogP contribution in [0.15, 0.2) is 53.4 Å². The van der Waals surface area contributed by atoms with Gasteiger partial charge in [0.25, 0.3) is 11.5 Å². The molecule has 1 atom stereocenters. The Kier molecular flexibility index (Phi) is 8.36. The van der Waals surface area contributed by atoms with Crippen LogP contribution in [0.5, 0.6) is 0 Å². The van der Waals surface area contributed by atoms with Crippen LogP contribution in [0.1, 0.15) is 36.8 Å². The molecule has 5 rings (SSSR count). The number of aryl methyl sites for hydroxylation is 1. The highest BCUT2D eigenvalue weighted by Gasteiger charge is 2.34. The number of allylic oxidation sites excluding steroid dienone is 1. The molecule has 1 fully saturated rings. The molecule has 214 valence electrons. The highest BCUT2D eigenvalue weighted by atomic mass is 31.2. The first kappa shape index (κ1) is 28.0. The minimum Gasteiger partial charge on any atom is -0.427 e. The Morgan fingerprint density at radius 2 is 2.02 bits per heavy atom. The predicted molar refractivity (Wildman–Crippen MR) is 143 cm³/mol. The molecule has 2 aromatic heterocycles. The number of rotatable bonds is 12. The first-order valence-corrected chi connectivity index (χ1v) is 14.6. The van der Waals surface area contributed by atoms with E-state index in [1.165, 1.54) is 12.4 Å². The number of fused-ring (bicyclic) bond motifs is 1. The summed E-state index contributed by atoms with van der Waals surface area (Å²) in [6.45, 7) is 5.36. The van der Waals surface area contributed by atoms with E-state index in [0.717, 1.165) is 25.7 Å². The zero-order valence-electron chi connectivity index (χ0n) is 22.1. The second kappa shape index (κ2) is 11.9. The van der Waals surface area contributed by atoms with Gasteiger partial charge in [0.2, 0.25) is 5.95 Å². The van der Waals surface area contributed by atoms with Crippen molar-refractivity contribution in [1.82, 2.24) is 19.5 Å². The summed E-state index contributed by atoms with van der Waals surface area (Å²) < 4.78 is 57.9. The number of benzene rings is 1. The average molecular weight is 576 g/mol. The number of nitrogen functional groups attached to an aromatic ring is 1. The number of nitrogens with zero attached hydrogens (tertiary/aromatic N) is 3. The summed E-state index contributed by atoms with van der Waals surface area (Å²) in [6.07, 6.45) is 5.14. The lowest BCUT2D eigenvalue weighted by Gasteiger charge is -2.19. The molecule has 1 aliphatic carbocycles. The van der Waals surface area contributed by atoms with Crippen molar-refractivity contribution in [3.63, 3.8) is 0 Å². The van der Waals surface area contributed by atoms with Crippen LogP contribution in [0.2, 0.25) is 0 Å². The van der Waals surface area contributed by atoms with E-state index in [1.54, 1.807) is 23.6 Å². The Bertz CT molecular complexity index is 1550. The number of H-pyrrole nitrogens is 1. The summed E-state index contributed by atoms with van der Waals surface area (Å²) in [5.74, 6) is 0.944. The molecular weight excluding hydrogens is 544 g/mol. The maximum absolute atomic E-state index is 14.1. The molecule has 0 spiro atoms. The highest BCUT2D eigenvalue weighted by Crippen LogP contribution is 2.50. The Hall–Kier alpha value is -3.51. The summed E-state index contributed by atoms with van der Waals surface area (Å²) in [7, 11) is -3.87. The lowest BCUT2D eigenvalue weighted by molar-refractivity contribution is 0.114. The van der Waals surface area contributed by atoms with Crippen molar-refractivity contribution in [1.29, 1.82) is 0 Å². The van der Waals surface area contributed by atoms with Gasteiger partial charge in [0.15, 0.2) is 22.7 Å². The number of nitrogens with two attached hydrogens (primary N) is 1. The Morgan fingerprint density at radius 1 is 1.25 bits per heavy atom. The quantitative estimate of drug-likeness (QED) is 0.234. The van der Waals surface area contributed by atoms with Crippen LogP contribution in [0.3, 0.4) is 0 Å². The highest BCUT2D eigenvalue weighted by molar-refractivity contribution is 7.53. The molecule has 14 heteroatoms. The largest absolute Gasteiger partial charge is 0.427 e. The number of halogens is 1. The SMILES string of the molecule is C=C1OC(COP(=O)(COCCn2cnc3c(=O)[nH]c(N)nc32)OCc2ccc(C)c(F)c2)=C(C2CCCC2)O1. The van der Waals surface area contributed by atoms with E-state index in [4.69, 9.17) is 29.0 Å². The Labute approximate surface area is 229 Å². The van der Waals surface area contributed by atoms with Crippen LogP contribution in [-0.4, -0.2) is 39.1 Å². The smallest absolute Gasteiger partial charge is 0.356 e. The van der Waals surface area contributed by atoms with Gasteiger partial charge in [-0.1, -0.05) is 25.0 Å². The molecule has 12 nitrogen and oxygen atoms in total. The summed E-state index contributed by atoms with van der Waals surface area (Å²) >= 11 is 0. The minimum absolute atomic E-state index is 0.0360. The molecule has 0 saturated heterocycles. The van der Waals surface area contributed by atoms with Gasteiger partial charge < -0.3 is 29.0 Å². The van der Waals surface area contributed by atoms with E-state index in [9.17, 15) is 13.8 Å². The van der Waals surface area contributed by atoms with Crippen LogP contribution in [0.25, 0.3) is 11.2 Å². The normalized spacial score (nSPS) is 17.4. The lowest BCUT2D eigenvalue weighted by Crippen LogP contribution is -2.14. The van der Waals surface area contributed by atoms with Crippen LogP contribution in [0, 0.1) is 18.7 Å². The van der Waals surface area contributed by atoms with Crippen molar-refractivity contribution in [2.75, 3.05) is 25.3 Å². The van der Waals surface area contributed by atoms with Gasteiger partial charge in [-0.25, -0.2) is 9.37 Å². The van der Waals surface area contributed by atoms with Crippen molar-refractivity contribution in [3.05, 3.63) is 75.9 Å². The van der Waals surface area contributed by atoms with Crippen molar-refractivity contribution in [2.45, 2.75) is 45.8 Å². The standard InChI is InChI=1S/C26H31FN5O7P/c1-16-7-8-18(11-20(16)27)12-36-40(34,37-13-21-23(39-17(2)38-21)19-5-3-4-6-19)15-35-10-9-32-14-29-22-24(32)30-26(28)31-25(22)33/h7-8,11,14,19H,2-6,9-10,12-13,15H2,1H3,(H3,28,30,31,33). The third kappa shape index (κ3) is 6.44. The van der Waals surface area contributed by atoms with Gasteiger partial charge in [-0.15, -0.1) is 0 Å². The van der Waals surface area contributed by atoms with Gasteiger partial charge in [-0.05, 0) is 43.5 Å². The van der Waals surface area contributed by atoms with Crippen molar-refractivity contribution < 1.29 is 32.2 Å². The summed E-state index contributed by atoms with van der Waals surface area (Å²) in [6, 6.07) is 4.63. The van der Waals surface area contributed by atoms with Crippen molar-refractivity contribution in [2.24, 2.45) is 5.92 Å². The third-order valence-electron chi connectivity index (χ3n) is 6.74. The Morgan fingerprint density at radius 3 is 2.80 bits per heavy atom. The molecule has 3 heterocycles. The molecule has 1 unspecified atom stereocenters.